The number of ether oxygens (including phenoxy) is 4. The van der Waals surface area contributed by atoms with Crippen LogP contribution < -0.4 is 20.1 Å². The first-order valence-electron chi connectivity index (χ1n) is 33.7. The van der Waals surface area contributed by atoms with Gasteiger partial charge in [-0.25, -0.2) is 9.59 Å². The van der Waals surface area contributed by atoms with E-state index in [1.165, 1.54) is 103 Å². The zero-order valence-corrected chi connectivity index (χ0v) is 52.4. The molecule has 2 aromatic carbocycles. The lowest BCUT2D eigenvalue weighted by Gasteiger charge is -2.58. The average molecular weight is 1110 g/mol. The van der Waals surface area contributed by atoms with E-state index in [1.807, 2.05) is 48.5 Å². The van der Waals surface area contributed by atoms with E-state index in [1.54, 1.807) is 11.1 Å². The van der Waals surface area contributed by atoms with Crippen molar-refractivity contribution in [3.8, 4) is 11.5 Å². The topological polar surface area (TPSA) is 95.1 Å². The van der Waals surface area contributed by atoms with Crippen LogP contribution in [0.5, 0.6) is 11.5 Å². The number of fused-ring (bicyclic) bond motifs is 10. The number of hydrogen-bond donors (Lipinski definition) is 2. The number of benzene rings is 2. The van der Waals surface area contributed by atoms with Crippen molar-refractivity contribution < 1.29 is 28.5 Å². The highest BCUT2D eigenvalue weighted by Crippen LogP contribution is 2.69. The maximum absolute atomic E-state index is 13.2. The van der Waals surface area contributed by atoms with Crippen molar-refractivity contribution in [2.45, 2.75) is 242 Å². The largest absolute Gasteiger partial charge is 0.494 e. The molecule has 8 nitrogen and oxygen atoms in total. The number of nitrogens with one attached hydrogen (secondary N) is 2. The van der Waals surface area contributed by atoms with Crippen LogP contribution in [0.1, 0.15) is 230 Å². The fourth-order valence-electron chi connectivity index (χ4n) is 20.1. The number of unbranched alkanes of at least 4 members (excludes halogenated alkanes) is 2. The van der Waals surface area contributed by atoms with Gasteiger partial charge in [-0.3, -0.25) is 10.6 Å². The molecule has 0 aromatic heterocycles. The lowest BCUT2D eigenvalue weighted by molar-refractivity contribution is -0.0577. The Labute approximate surface area is 491 Å². The van der Waals surface area contributed by atoms with E-state index in [4.69, 9.17) is 18.9 Å². The predicted octanol–water partition coefficient (Wildman–Crippen LogP) is 20.2. The minimum Gasteiger partial charge on any atom is -0.494 e. The molecule has 8 aliphatic rings. The average Bonchev–Trinajstić information content (AvgIpc) is 4.12. The minimum absolute atomic E-state index is 0.0785. The lowest BCUT2D eigenvalue weighted by Crippen LogP contribution is -2.51. The van der Waals surface area contributed by atoms with E-state index < -0.39 is 0 Å². The molecule has 8 aliphatic carbocycles. The zero-order chi connectivity index (χ0) is 57.1. The lowest BCUT2D eigenvalue weighted by atomic mass is 9.47. The molecular formula is C73H110N2O6. The summed E-state index contributed by atoms with van der Waals surface area (Å²) >= 11 is 0. The highest BCUT2D eigenvalue weighted by atomic mass is 16.6. The van der Waals surface area contributed by atoms with Gasteiger partial charge in [0.25, 0.3) is 0 Å². The van der Waals surface area contributed by atoms with Gasteiger partial charge in [0.2, 0.25) is 0 Å². The molecular weight excluding hydrogens is 1000 g/mol. The Balaban J connectivity index is 0.584. The van der Waals surface area contributed by atoms with E-state index >= 15 is 0 Å². The number of hydrogen-bond acceptors (Lipinski definition) is 6. The van der Waals surface area contributed by atoms with Gasteiger partial charge in [-0.15, -0.1) is 0 Å². The van der Waals surface area contributed by atoms with Gasteiger partial charge in [0.05, 0.1) is 13.2 Å². The van der Waals surface area contributed by atoms with Crippen LogP contribution in [-0.4, -0.2) is 37.6 Å². The Kier molecular flexibility index (Phi) is 19.1. The van der Waals surface area contributed by atoms with Crippen LogP contribution in [0.25, 0.3) is 0 Å². The Morgan fingerprint density at radius 2 is 0.889 bits per heavy atom. The fraction of sp³-hybridized carbons (Fsp3) is 0.753. The van der Waals surface area contributed by atoms with Gasteiger partial charge in [-0.1, -0.05) is 131 Å². The summed E-state index contributed by atoms with van der Waals surface area (Å²) in [6, 6.07) is 15.2. The molecule has 0 radical (unpaired) electrons. The first kappa shape index (κ1) is 60.2. The highest BCUT2D eigenvalue weighted by Gasteiger charge is 2.61. The van der Waals surface area contributed by atoms with Crippen molar-refractivity contribution in [3.05, 3.63) is 71.8 Å². The minimum atomic E-state index is -0.369. The van der Waals surface area contributed by atoms with Crippen LogP contribution in [0, 0.1) is 92.7 Å². The van der Waals surface area contributed by atoms with E-state index in [2.05, 4.69) is 92.0 Å². The third kappa shape index (κ3) is 13.2. The fourth-order valence-corrected chi connectivity index (χ4v) is 20.1. The monoisotopic (exact) mass is 1110 g/mol. The molecule has 0 bridgehead atoms. The molecule has 448 valence electrons. The summed E-state index contributed by atoms with van der Waals surface area (Å²) in [7, 11) is 0. The smallest absolute Gasteiger partial charge is 0.411 e. The van der Waals surface area contributed by atoms with Crippen molar-refractivity contribution in [2.75, 3.05) is 23.8 Å². The quantitative estimate of drug-likeness (QED) is 0.0901. The maximum Gasteiger partial charge on any atom is 0.411 e. The number of allylic oxidation sites excluding steroid dienone is 2. The Hall–Kier alpha value is -3.94. The first-order valence-corrected chi connectivity index (χ1v) is 33.7. The third-order valence-corrected chi connectivity index (χ3v) is 24.6. The summed E-state index contributed by atoms with van der Waals surface area (Å²) in [5, 5.41) is 5.97. The maximum atomic E-state index is 13.2. The molecule has 6 fully saturated rings. The van der Waals surface area contributed by atoms with Gasteiger partial charge in [0.15, 0.2) is 0 Å². The molecule has 0 aliphatic heterocycles. The first-order chi connectivity index (χ1) is 38.9. The molecule has 0 unspecified atom stereocenters. The van der Waals surface area contributed by atoms with Crippen molar-refractivity contribution in [1.29, 1.82) is 0 Å². The van der Waals surface area contributed by atoms with E-state index in [0.29, 0.717) is 35.4 Å². The van der Waals surface area contributed by atoms with Crippen LogP contribution in [0.15, 0.2) is 71.8 Å². The summed E-state index contributed by atoms with van der Waals surface area (Å²) in [6.07, 6.45) is 34.8. The second kappa shape index (κ2) is 25.7. The molecule has 6 saturated carbocycles. The summed E-state index contributed by atoms with van der Waals surface area (Å²) in [5.41, 5.74) is 6.00. The summed E-state index contributed by atoms with van der Waals surface area (Å²) < 4.78 is 24.3. The number of amides is 2. The van der Waals surface area contributed by atoms with E-state index in [-0.39, 0.29) is 35.2 Å². The van der Waals surface area contributed by atoms with E-state index in [9.17, 15) is 9.59 Å². The molecule has 10 rings (SSSR count). The van der Waals surface area contributed by atoms with Crippen LogP contribution >= 0.6 is 0 Å². The van der Waals surface area contributed by atoms with Gasteiger partial charge < -0.3 is 18.9 Å². The molecule has 8 heteroatoms. The van der Waals surface area contributed by atoms with Crippen molar-refractivity contribution in [3.63, 3.8) is 0 Å². The molecule has 2 N–H and O–H groups in total. The van der Waals surface area contributed by atoms with Crippen molar-refractivity contribution in [1.82, 2.24) is 0 Å². The molecule has 81 heavy (non-hydrogen) atoms. The van der Waals surface area contributed by atoms with Gasteiger partial charge in [0.1, 0.15) is 23.7 Å². The molecule has 2 aromatic rings. The normalized spacial score (nSPS) is 35.6. The van der Waals surface area contributed by atoms with Crippen LogP contribution in [0.3, 0.4) is 0 Å². The standard InChI is InChI=1S/C73H110N2O6/c1-48(2)16-14-18-50(5)62-32-34-64-60-30-20-52-46-58(36-40-70(52,7)66(60)38-42-72(62,64)9)80-68(76)74-54-22-26-56(27-23-54)78-44-12-11-13-45-79-57-28-24-55(25-29-57)75-69(77)81-59-37-41-71(8)53(47-59)21-31-61-65-35-33-63(51(6)19-15-17-49(3)4)73(65,10)43-39-67(61)71/h20-29,48-51,58-67H,11-19,30-47H2,1-10H3,(H,74,76)(H,75,77)/t50-,51-,58+,59+,60+,61+,62-,63-,64+,65+,66+,67+,70+,71+,72-,73-/m1/s1. The highest BCUT2D eigenvalue weighted by molar-refractivity contribution is 5.85. The summed E-state index contributed by atoms with van der Waals surface area (Å²) in [4.78, 5) is 26.4. The molecule has 2 amide bonds. The summed E-state index contributed by atoms with van der Waals surface area (Å²) in [6.45, 7) is 26.3. The van der Waals surface area contributed by atoms with Crippen LogP contribution in [-0.2, 0) is 9.47 Å². The molecule has 0 spiro atoms. The SMILES string of the molecule is CC(C)CCC[C@@H](C)[C@H]1CC[C@H]2[C@@H]3CC=C4C[C@@H](OC(=O)Nc5ccc(OCCCCCOc6ccc(NC(=O)O[C@H]7CC[C@@]8(C)C(=CC[C@H]9[C@@H]%10CC[C@H]([C@H](C)CCCC(C)C)[C@@]%10(C)CC[C@@H]98)C7)cc6)cc5)CC[C@]4(C)[C@H]3CC[C@]12C. The number of carbonyl (C=O) groups is 2. The molecule has 16 atom stereocenters. The molecule has 0 heterocycles. The Morgan fingerprint density at radius 1 is 0.481 bits per heavy atom. The van der Waals surface area contributed by atoms with Gasteiger partial charge in [0, 0.05) is 24.2 Å². The third-order valence-electron chi connectivity index (χ3n) is 24.6. The van der Waals surface area contributed by atoms with Crippen molar-refractivity contribution >= 4 is 23.6 Å². The number of carbonyl (C=O) groups excluding carboxylic acids is 2. The van der Waals surface area contributed by atoms with Crippen LogP contribution in [0.4, 0.5) is 21.0 Å². The Morgan fingerprint density at radius 3 is 1.28 bits per heavy atom. The van der Waals surface area contributed by atoms with Crippen LogP contribution in [0.2, 0.25) is 0 Å². The number of rotatable bonds is 22. The van der Waals surface area contributed by atoms with Gasteiger partial charge >= 0.3 is 12.2 Å². The van der Waals surface area contributed by atoms with Gasteiger partial charge in [-0.05, 0) is 250 Å². The second-order valence-corrected chi connectivity index (χ2v) is 30.2. The zero-order valence-electron chi connectivity index (χ0n) is 52.4. The predicted molar refractivity (Wildman–Crippen MR) is 332 cm³/mol. The molecule has 0 saturated heterocycles. The number of anilines is 2. The van der Waals surface area contributed by atoms with Gasteiger partial charge in [-0.2, -0.15) is 0 Å². The van der Waals surface area contributed by atoms with Crippen molar-refractivity contribution in [2.24, 2.45) is 92.7 Å². The van der Waals surface area contributed by atoms with E-state index in [0.717, 1.165) is 140 Å². The summed E-state index contributed by atoms with van der Waals surface area (Å²) in [5.74, 6) is 11.5. The second-order valence-electron chi connectivity index (χ2n) is 30.2. The Bertz CT molecular complexity index is 2310.